The molecule has 0 aliphatic heterocycles. The maximum absolute atomic E-state index is 12.5. The first-order chi connectivity index (χ1) is 9.90. The van der Waals surface area contributed by atoms with Crippen LogP contribution >= 0.6 is 11.3 Å². The molecule has 0 fully saturated rings. The van der Waals surface area contributed by atoms with E-state index in [9.17, 15) is 4.79 Å². The van der Waals surface area contributed by atoms with E-state index in [0.717, 1.165) is 0 Å². The lowest BCUT2D eigenvalue weighted by molar-refractivity contribution is -0.125. The van der Waals surface area contributed by atoms with Gasteiger partial charge in [0.05, 0.1) is 6.04 Å². The van der Waals surface area contributed by atoms with Crippen molar-refractivity contribution < 1.29 is 4.79 Å². The minimum Gasteiger partial charge on any atom is -0.347 e. The summed E-state index contributed by atoms with van der Waals surface area (Å²) in [5, 5.41) is 7.18. The normalized spacial score (nSPS) is 14.2. The molecule has 114 valence electrons. The van der Waals surface area contributed by atoms with Crippen molar-refractivity contribution in [1.82, 2.24) is 20.1 Å². The van der Waals surface area contributed by atoms with Gasteiger partial charge in [0.15, 0.2) is 0 Å². The highest BCUT2D eigenvalue weighted by Crippen LogP contribution is 2.31. The van der Waals surface area contributed by atoms with Crippen LogP contribution in [0.25, 0.3) is 0 Å². The van der Waals surface area contributed by atoms with Gasteiger partial charge in [-0.1, -0.05) is 13.8 Å². The molecule has 0 bridgehead atoms. The Morgan fingerprint density at radius 2 is 2.05 bits per heavy atom. The number of nitrogens with zero attached hydrogens (tertiary/aromatic N) is 3. The smallest absolute Gasteiger partial charge is 0.245 e. The number of carbonyl (C=O) groups is 1. The quantitative estimate of drug-likeness (QED) is 0.923. The second-order valence-corrected chi connectivity index (χ2v) is 7.11. The molecule has 2 aromatic rings. The van der Waals surface area contributed by atoms with Crippen LogP contribution in [-0.4, -0.2) is 20.7 Å². The van der Waals surface area contributed by atoms with E-state index in [-0.39, 0.29) is 18.0 Å². The summed E-state index contributed by atoms with van der Waals surface area (Å²) in [7, 11) is 0. The van der Waals surface area contributed by atoms with Crippen molar-refractivity contribution in [2.75, 3.05) is 0 Å². The molecule has 2 heterocycles. The van der Waals surface area contributed by atoms with Crippen LogP contribution in [0.4, 0.5) is 0 Å². The molecule has 0 saturated carbocycles. The monoisotopic (exact) mass is 306 g/mol. The molecule has 2 aromatic heterocycles. The van der Waals surface area contributed by atoms with Crippen LogP contribution < -0.4 is 5.32 Å². The summed E-state index contributed by atoms with van der Waals surface area (Å²) in [6, 6.07) is 1.83. The van der Waals surface area contributed by atoms with Crippen LogP contribution in [0.2, 0.25) is 0 Å². The van der Waals surface area contributed by atoms with Crippen LogP contribution in [0.15, 0.2) is 18.7 Å². The molecule has 2 rings (SSSR count). The minimum absolute atomic E-state index is 0.0217. The topological polar surface area (TPSA) is 59.8 Å². The third-order valence-electron chi connectivity index (χ3n) is 3.59. The highest BCUT2D eigenvalue weighted by atomic mass is 32.1. The third-order valence-corrected chi connectivity index (χ3v) is 4.57. The van der Waals surface area contributed by atoms with Gasteiger partial charge in [-0.3, -0.25) is 4.79 Å². The lowest BCUT2D eigenvalue weighted by atomic mass is 9.96. The zero-order valence-corrected chi connectivity index (χ0v) is 13.9. The van der Waals surface area contributed by atoms with Crippen LogP contribution in [0.3, 0.4) is 0 Å². The lowest BCUT2D eigenvalue weighted by Gasteiger charge is -2.24. The van der Waals surface area contributed by atoms with Gasteiger partial charge in [-0.05, 0) is 38.3 Å². The van der Waals surface area contributed by atoms with E-state index in [1.54, 1.807) is 22.3 Å². The molecule has 5 nitrogen and oxygen atoms in total. The average molecular weight is 306 g/mol. The number of hydrogen-bond acceptors (Lipinski definition) is 4. The SMILES string of the molecule is Cc1cc([C@@H](NC(=O)[C@H](C)n2cncn2)C(C)C)c(C)s1. The van der Waals surface area contributed by atoms with Gasteiger partial charge in [0.1, 0.15) is 18.7 Å². The number of hydrogen-bond donors (Lipinski definition) is 1. The molecule has 0 radical (unpaired) electrons. The van der Waals surface area contributed by atoms with Crippen molar-refractivity contribution in [1.29, 1.82) is 0 Å². The number of rotatable bonds is 5. The molecule has 21 heavy (non-hydrogen) atoms. The van der Waals surface area contributed by atoms with Gasteiger partial charge in [-0.15, -0.1) is 11.3 Å². The molecule has 1 amide bonds. The molecule has 0 aromatic carbocycles. The Hall–Kier alpha value is -1.69. The molecule has 0 spiro atoms. The molecule has 0 aliphatic rings. The molecule has 0 saturated heterocycles. The first kappa shape index (κ1) is 15.7. The summed E-state index contributed by atoms with van der Waals surface area (Å²) in [6.07, 6.45) is 3.00. The molecule has 1 N–H and O–H groups in total. The Morgan fingerprint density at radius 1 is 1.33 bits per heavy atom. The number of aryl methyl sites for hydroxylation is 2. The van der Waals surface area contributed by atoms with E-state index >= 15 is 0 Å². The lowest BCUT2D eigenvalue weighted by Crippen LogP contribution is -2.36. The summed E-state index contributed by atoms with van der Waals surface area (Å²) >= 11 is 1.77. The molecular formula is C15H22N4OS. The van der Waals surface area contributed by atoms with E-state index in [0.29, 0.717) is 5.92 Å². The number of carbonyl (C=O) groups excluding carboxylic acids is 1. The largest absolute Gasteiger partial charge is 0.347 e. The molecule has 2 atom stereocenters. The zero-order chi connectivity index (χ0) is 15.6. The van der Waals surface area contributed by atoms with Crippen molar-refractivity contribution in [3.63, 3.8) is 0 Å². The summed E-state index contributed by atoms with van der Waals surface area (Å²) in [6.45, 7) is 10.3. The van der Waals surface area contributed by atoms with Crippen molar-refractivity contribution in [2.45, 2.75) is 46.7 Å². The number of amides is 1. The van der Waals surface area contributed by atoms with Crippen LogP contribution in [0.1, 0.15) is 48.2 Å². The van der Waals surface area contributed by atoms with Crippen molar-refractivity contribution in [3.8, 4) is 0 Å². The molecular weight excluding hydrogens is 284 g/mol. The summed E-state index contributed by atoms with van der Waals surface area (Å²) < 4.78 is 1.57. The number of aromatic nitrogens is 3. The molecule has 6 heteroatoms. The van der Waals surface area contributed by atoms with E-state index in [4.69, 9.17) is 0 Å². The van der Waals surface area contributed by atoms with E-state index in [1.807, 2.05) is 6.92 Å². The van der Waals surface area contributed by atoms with E-state index < -0.39 is 0 Å². The standard InChI is InChI=1S/C15H22N4OS/c1-9(2)14(13-6-10(3)21-12(13)5)18-15(20)11(4)19-8-16-7-17-19/h6-9,11,14H,1-5H3,(H,18,20)/t11-,14-/m0/s1. The number of thiophene rings is 1. The Morgan fingerprint density at radius 3 is 2.52 bits per heavy atom. The predicted molar refractivity (Wildman–Crippen MR) is 84.2 cm³/mol. The van der Waals surface area contributed by atoms with Gasteiger partial charge in [-0.25, -0.2) is 9.67 Å². The highest BCUT2D eigenvalue weighted by Gasteiger charge is 2.24. The predicted octanol–water partition coefficient (Wildman–Crippen LogP) is 3.03. The van der Waals surface area contributed by atoms with Crippen LogP contribution in [0.5, 0.6) is 0 Å². The summed E-state index contributed by atoms with van der Waals surface area (Å²) in [5.74, 6) is 0.284. The first-order valence-corrected chi connectivity index (χ1v) is 7.93. The Labute approximate surface area is 129 Å². The van der Waals surface area contributed by atoms with Gasteiger partial charge in [0.2, 0.25) is 5.91 Å². The van der Waals surface area contributed by atoms with Crippen molar-refractivity contribution in [3.05, 3.63) is 34.0 Å². The fourth-order valence-corrected chi connectivity index (χ4v) is 3.35. The zero-order valence-electron chi connectivity index (χ0n) is 13.1. The first-order valence-electron chi connectivity index (χ1n) is 7.11. The minimum atomic E-state index is -0.367. The van der Waals surface area contributed by atoms with Crippen molar-refractivity contribution >= 4 is 17.2 Å². The number of nitrogens with one attached hydrogen (secondary N) is 1. The Kier molecular flexibility index (Phi) is 4.77. The van der Waals surface area contributed by atoms with E-state index in [1.165, 1.54) is 21.6 Å². The van der Waals surface area contributed by atoms with Gasteiger partial charge >= 0.3 is 0 Å². The molecule has 0 unspecified atom stereocenters. The maximum Gasteiger partial charge on any atom is 0.245 e. The summed E-state index contributed by atoms with van der Waals surface area (Å²) in [4.78, 5) is 18.9. The van der Waals surface area contributed by atoms with Crippen LogP contribution in [-0.2, 0) is 4.79 Å². The highest BCUT2D eigenvalue weighted by molar-refractivity contribution is 7.12. The fraction of sp³-hybridized carbons (Fsp3) is 0.533. The van der Waals surface area contributed by atoms with Crippen molar-refractivity contribution in [2.24, 2.45) is 5.92 Å². The Bertz CT molecular complexity index is 603. The van der Waals surface area contributed by atoms with Gasteiger partial charge < -0.3 is 5.32 Å². The molecule has 0 aliphatic carbocycles. The maximum atomic E-state index is 12.5. The van der Waals surface area contributed by atoms with Gasteiger partial charge in [0.25, 0.3) is 0 Å². The third kappa shape index (κ3) is 3.50. The average Bonchev–Trinajstić information content (AvgIpc) is 3.04. The Balaban J connectivity index is 2.17. The fourth-order valence-electron chi connectivity index (χ4n) is 2.37. The second kappa shape index (κ2) is 6.39. The van der Waals surface area contributed by atoms with Gasteiger partial charge in [-0.2, -0.15) is 5.10 Å². The van der Waals surface area contributed by atoms with Crippen LogP contribution in [0, 0.1) is 19.8 Å². The van der Waals surface area contributed by atoms with E-state index in [2.05, 4.69) is 49.2 Å². The summed E-state index contributed by atoms with van der Waals surface area (Å²) in [5.41, 5.74) is 1.21. The second-order valence-electron chi connectivity index (χ2n) is 5.65. The van der Waals surface area contributed by atoms with Gasteiger partial charge in [0, 0.05) is 9.75 Å².